The Bertz CT molecular complexity index is 415. The van der Waals surface area contributed by atoms with E-state index in [9.17, 15) is 4.79 Å². The summed E-state index contributed by atoms with van der Waals surface area (Å²) in [6.07, 6.45) is 5.85. The van der Waals surface area contributed by atoms with Crippen LogP contribution in [-0.2, 0) is 4.79 Å². The third kappa shape index (κ3) is 4.28. The monoisotopic (exact) mass is 276 g/mol. The summed E-state index contributed by atoms with van der Waals surface area (Å²) < 4.78 is 0. The van der Waals surface area contributed by atoms with Gasteiger partial charge in [0.15, 0.2) is 0 Å². The average Bonchev–Trinajstić information content (AvgIpc) is 2.50. The molecule has 1 amide bonds. The van der Waals surface area contributed by atoms with Gasteiger partial charge in [-0.3, -0.25) is 14.7 Å². The second kappa shape index (κ2) is 7.36. The summed E-state index contributed by atoms with van der Waals surface area (Å²) in [6.45, 7) is 4.66. The largest absolute Gasteiger partial charge is 0.358 e. The highest BCUT2D eigenvalue weighted by Gasteiger charge is 2.21. The molecule has 0 radical (unpaired) electrons. The lowest BCUT2D eigenvalue weighted by molar-refractivity contribution is -0.122. The van der Waals surface area contributed by atoms with E-state index >= 15 is 0 Å². The van der Waals surface area contributed by atoms with Crippen LogP contribution in [0.3, 0.4) is 0 Å². The zero-order valence-electron chi connectivity index (χ0n) is 12.3. The zero-order chi connectivity index (χ0) is 14.4. The van der Waals surface area contributed by atoms with Crippen molar-refractivity contribution < 1.29 is 4.79 Å². The molecule has 1 aliphatic rings. The van der Waals surface area contributed by atoms with Crippen LogP contribution in [0.1, 0.15) is 31.4 Å². The smallest absolute Gasteiger partial charge is 0.233 e. The van der Waals surface area contributed by atoms with Gasteiger partial charge >= 0.3 is 0 Å². The van der Waals surface area contributed by atoms with Crippen molar-refractivity contribution in [2.45, 2.75) is 31.8 Å². The molecule has 1 aromatic rings. The first kappa shape index (κ1) is 14.9. The maximum Gasteiger partial charge on any atom is 0.233 e. The van der Waals surface area contributed by atoms with E-state index in [1.807, 2.05) is 12.4 Å². The van der Waals surface area contributed by atoms with E-state index in [1.165, 1.54) is 5.56 Å². The molecule has 1 aromatic heterocycles. The van der Waals surface area contributed by atoms with Crippen molar-refractivity contribution in [1.29, 1.82) is 0 Å². The molecule has 0 spiro atoms. The highest BCUT2D eigenvalue weighted by atomic mass is 16.1. The molecule has 5 nitrogen and oxygen atoms in total. The number of carbonyl (C=O) groups excluding carboxylic acids is 1. The third-order valence-electron chi connectivity index (χ3n) is 3.93. The SMILES string of the molecule is CNC(=O)CN1CCC(NC(C)c2ccncc2)CC1. The Balaban J connectivity index is 1.76. The number of hydrogen-bond donors (Lipinski definition) is 2. The molecular formula is C15H24N4O. The quantitative estimate of drug-likeness (QED) is 0.840. The molecule has 110 valence electrons. The van der Waals surface area contributed by atoms with Gasteiger partial charge in [0, 0.05) is 44.6 Å². The Morgan fingerprint density at radius 1 is 1.40 bits per heavy atom. The summed E-state index contributed by atoms with van der Waals surface area (Å²) in [6, 6.07) is 4.98. The topological polar surface area (TPSA) is 57.3 Å². The summed E-state index contributed by atoms with van der Waals surface area (Å²) in [4.78, 5) is 17.6. The van der Waals surface area contributed by atoms with Crippen LogP contribution in [0, 0.1) is 0 Å². The minimum Gasteiger partial charge on any atom is -0.358 e. The second-order valence-electron chi connectivity index (χ2n) is 5.39. The van der Waals surface area contributed by atoms with E-state index in [2.05, 4.69) is 39.6 Å². The molecule has 0 aromatic carbocycles. The fourth-order valence-electron chi connectivity index (χ4n) is 2.64. The van der Waals surface area contributed by atoms with Gasteiger partial charge in [0.05, 0.1) is 6.54 Å². The number of hydrogen-bond acceptors (Lipinski definition) is 4. The maximum absolute atomic E-state index is 11.4. The van der Waals surface area contributed by atoms with Crippen LogP contribution >= 0.6 is 0 Å². The van der Waals surface area contributed by atoms with Crippen molar-refractivity contribution in [1.82, 2.24) is 20.5 Å². The summed E-state index contributed by atoms with van der Waals surface area (Å²) in [7, 11) is 1.69. The van der Waals surface area contributed by atoms with E-state index in [1.54, 1.807) is 7.05 Å². The molecular weight excluding hydrogens is 252 g/mol. The van der Waals surface area contributed by atoms with Crippen molar-refractivity contribution >= 4 is 5.91 Å². The number of nitrogens with one attached hydrogen (secondary N) is 2. The van der Waals surface area contributed by atoms with E-state index in [-0.39, 0.29) is 5.91 Å². The van der Waals surface area contributed by atoms with Crippen LogP contribution < -0.4 is 10.6 Å². The van der Waals surface area contributed by atoms with E-state index in [4.69, 9.17) is 0 Å². The molecule has 1 fully saturated rings. The van der Waals surface area contributed by atoms with Gasteiger partial charge in [-0.1, -0.05) is 0 Å². The molecule has 2 rings (SSSR count). The number of piperidine rings is 1. The molecule has 5 heteroatoms. The molecule has 1 unspecified atom stereocenters. The normalized spacial score (nSPS) is 18.7. The maximum atomic E-state index is 11.4. The molecule has 2 heterocycles. The Morgan fingerprint density at radius 2 is 2.05 bits per heavy atom. The highest BCUT2D eigenvalue weighted by Crippen LogP contribution is 2.16. The second-order valence-corrected chi connectivity index (χ2v) is 5.39. The van der Waals surface area contributed by atoms with Crippen molar-refractivity contribution in [3.8, 4) is 0 Å². The lowest BCUT2D eigenvalue weighted by Gasteiger charge is -2.33. The molecule has 0 saturated carbocycles. The Morgan fingerprint density at radius 3 is 2.65 bits per heavy atom. The Kier molecular flexibility index (Phi) is 5.49. The average molecular weight is 276 g/mol. The molecule has 0 bridgehead atoms. The first-order valence-corrected chi connectivity index (χ1v) is 7.28. The minimum atomic E-state index is 0.0987. The fourth-order valence-corrected chi connectivity index (χ4v) is 2.64. The highest BCUT2D eigenvalue weighted by molar-refractivity contribution is 5.77. The van der Waals surface area contributed by atoms with E-state index < -0.39 is 0 Å². The van der Waals surface area contributed by atoms with Crippen LogP contribution in [0.5, 0.6) is 0 Å². The Labute approximate surface area is 120 Å². The van der Waals surface area contributed by atoms with Gasteiger partial charge in [-0.2, -0.15) is 0 Å². The van der Waals surface area contributed by atoms with Gasteiger partial charge in [0.2, 0.25) is 5.91 Å². The third-order valence-corrected chi connectivity index (χ3v) is 3.93. The molecule has 1 aliphatic heterocycles. The number of rotatable bonds is 5. The molecule has 1 atom stereocenters. The van der Waals surface area contributed by atoms with Gasteiger partial charge in [0.25, 0.3) is 0 Å². The summed E-state index contributed by atoms with van der Waals surface area (Å²) in [5.74, 6) is 0.0987. The lowest BCUT2D eigenvalue weighted by atomic mass is 10.0. The van der Waals surface area contributed by atoms with Gasteiger partial charge in [-0.15, -0.1) is 0 Å². The van der Waals surface area contributed by atoms with Crippen molar-refractivity contribution in [2.24, 2.45) is 0 Å². The van der Waals surface area contributed by atoms with Crippen LogP contribution in [0.4, 0.5) is 0 Å². The van der Waals surface area contributed by atoms with Gasteiger partial charge < -0.3 is 10.6 Å². The van der Waals surface area contributed by atoms with Gasteiger partial charge in [-0.25, -0.2) is 0 Å². The molecule has 1 saturated heterocycles. The van der Waals surface area contributed by atoms with E-state index in [0.717, 1.165) is 25.9 Å². The van der Waals surface area contributed by atoms with Crippen LogP contribution in [0.2, 0.25) is 0 Å². The Hall–Kier alpha value is -1.46. The van der Waals surface area contributed by atoms with E-state index in [0.29, 0.717) is 18.6 Å². The standard InChI is InChI=1S/C15H24N4O/c1-12(13-3-7-17-8-4-13)18-14-5-9-19(10-6-14)11-15(20)16-2/h3-4,7-8,12,14,18H,5-6,9-11H2,1-2H3,(H,16,20). The van der Waals surface area contributed by atoms with Crippen LogP contribution in [-0.4, -0.2) is 48.5 Å². The number of pyridine rings is 1. The molecule has 0 aliphatic carbocycles. The first-order valence-electron chi connectivity index (χ1n) is 7.28. The number of likely N-dealkylation sites (tertiary alicyclic amines) is 1. The van der Waals surface area contributed by atoms with Crippen molar-refractivity contribution in [3.63, 3.8) is 0 Å². The van der Waals surface area contributed by atoms with Crippen LogP contribution in [0.25, 0.3) is 0 Å². The predicted molar refractivity (Wildman–Crippen MR) is 79.3 cm³/mol. The van der Waals surface area contributed by atoms with Gasteiger partial charge in [-0.05, 0) is 37.5 Å². The number of carbonyl (C=O) groups is 1. The summed E-state index contributed by atoms with van der Waals surface area (Å²) >= 11 is 0. The first-order chi connectivity index (χ1) is 9.69. The lowest BCUT2D eigenvalue weighted by Crippen LogP contribution is -2.46. The fraction of sp³-hybridized carbons (Fsp3) is 0.600. The number of nitrogens with zero attached hydrogens (tertiary/aromatic N) is 2. The summed E-state index contributed by atoms with van der Waals surface area (Å²) in [5, 5.41) is 6.34. The number of amides is 1. The number of likely N-dealkylation sites (N-methyl/N-ethyl adjacent to an activating group) is 1. The molecule has 2 N–H and O–H groups in total. The number of aromatic nitrogens is 1. The van der Waals surface area contributed by atoms with Crippen molar-refractivity contribution in [2.75, 3.05) is 26.7 Å². The zero-order valence-corrected chi connectivity index (χ0v) is 12.3. The van der Waals surface area contributed by atoms with Gasteiger partial charge in [0.1, 0.15) is 0 Å². The predicted octanol–water partition coefficient (Wildman–Crippen LogP) is 0.943. The van der Waals surface area contributed by atoms with Crippen molar-refractivity contribution in [3.05, 3.63) is 30.1 Å². The van der Waals surface area contributed by atoms with Crippen LogP contribution in [0.15, 0.2) is 24.5 Å². The minimum absolute atomic E-state index is 0.0987. The molecule has 20 heavy (non-hydrogen) atoms. The summed E-state index contributed by atoms with van der Waals surface area (Å²) in [5.41, 5.74) is 1.27.